The summed E-state index contributed by atoms with van der Waals surface area (Å²) < 4.78 is 33.8. The van der Waals surface area contributed by atoms with Gasteiger partial charge in [-0.2, -0.15) is 4.31 Å². The Labute approximate surface area is 228 Å². The molecule has 1 aliphatic carbocycles. The number of rotatable bonds is 13. The highest BCUT2D eigenvalue weighted by Crippen LogP contribution is 2.39. The highest BCUT2D eigenvalue weighted by Gasteiger charge is 2.40. The molecule has 210 valence electrons. The first kappa shape index (κ1) is 30.1. The van der Waals surface area contributed by atoms with E-state index in [1.54, 1.807) is 12.1 Å². The molecule has 0 aromatic heterocycles. The van der Waals surface area contributed by atoms with Gasteiger partial charge in [-0.15, -0.1) is 0 Å². The Hall–Kier alpha value is -2.42. The van der Waals surface area contributed by atoms with Crippen LogP contribution in [-0.2, 0) is 21.2 Å². The number of amides is 1. The van der Waals surface area contributed by atoms with E-state index < -0.39 is 27.6 Å². The topological polar surface area (TPSA) is 95.9 Å². The van der Waals surface area contributed by atoms with Gasteiger partial charge in [0.1, 0.15) is 5.75 Å². The summed E-state index contributed by atoms with van der Waals surface area (Å²) in [6.07, 6.45) is 4.93. The first-order valence-corrected chi connectivity index (χ1v) is 15.2. The number of nitrogens with one attached hydrogen (secondary N) is 1. The van der Waals surface area contributed by atoms with Crippen molar-refractivity contribution >= 4 is 15.9 Å². The summed E-state index contributed by atoms with van der Waals surface area (Å²) >= 11 is 0. The van der Waals surface area contributed by atoms with Crippen molar-refractivity contribution in [3.8, 4) is 5.75 Å². The summed E-state index contributed by atoms with van der Waals surface area (Å²) in [6.45, 7) is 6.07. The molecule has 3 rings (SSSR count). The van der Waals surface area contributed by atoms with Crippen molar-refractivity contribution in [2.24, 2.45) is 11.3 Å². The van der Waals surface area contributed by atoms with Gasteiger partial charge in [0.2, 0.25) is 15.9 Å². The lowest BCUT2D eigenvalue weighted by molar-refractivity contribution is -0.135. The first-order valence-electron chi connectivity index (χ1n) is 13.8. The number of aliphatic hydroxyl groups excluding tert-OH is 1. The maximum absolute atomic E-state index is 13.6. The highest BCUT2D eigenvalue weighted by atomic mass is 32.2. The molecular formula is C30H44N2O5S. The number of hydrogen-bond acceptors (Lipinski definition) is 5. The highest BCUT2D eigenvalue weighted by molar-refractivity contribution is 7.89. The van der Waals surface area contributed by atoms with Crippen molar-refractivity contribution in [3.05, 3.63) is 60.2 Å². The van der Waals surface area contributed by atoms with Crippen LogP contribution in [0.4, 0.5) is 0 Å². The van der Waals surface area contributed by atoms with E-state index in [-0.39, 0.29) is 29.8 Å². The summed E-state index contributed by atoms with van der Waals surface area (Å²) in [5, 5.41) is 14.7. The van der Waals surface area contributed by atoms with E-state index in [1.165, 1.54) is 23.5 Å². The molecule has 0 aliphatic heterocycles. The third kappa shape index (κ3) is 7.58. The van der Waals surface area contributed by atoms with Crippen molar-refractivity contribution in [2.45, 2.75) is 82.8 Å². The standard InChI is InChI=1S/C30H44N2O5S/c1-5-30(18-10-7-11-19-30)29(34)31-27(20-24-12-8-6-9-13-24)28(33)22-32(21-23(2)3)38(35,36)26-16-14-25(37-4)15-17-26/h6,8-9,12-17,23,27-28,33H,5,7,10-11,18-22H2,1-4H3,(H,31,34)/t27-,28+/m0/s1. The molecule has 2 atom stereocenters. The van der Waals surface area contributed by atoms with Crippen LogP contribution in [0.25, 0.3) is 0 Å². The summed E-state index contributed by atoms with van der Waals surface area (Å²) in [4.78, 5) is 13.8. The van der Waals surface area contributed by atoms with Gasteiger partial charge < -0.3 is 15.2 Å². The quantitative estimate of drug-likeness (QED) is 0.378. The average Bonchev–Trinajstić information content (AvgIpc) is 2.92. The molecule has 7 nitrogen and oxygen atoms in total. The molecule has 0 bridgehead atoms. The summed E-state index contributed by atoms with van der Waals surface area (Å²) in [5.74, 6) is 0.577. The van der Waals surface area contributed by atoms with Gasteiger partial charge in [-0.25, -0.2) is 8.42 Å². The summed E-state index contributed by atoms with van der Waals surface area (Å²) in [6, 6.07) is 15.3. The van der Waals surface area contributed by atoms with Crippen LogP contribution >= 0.6 is 0 Å². The minimum Gasteiger partial charge on any atom is -0.497 e. The molecule has 0 heterocycles. The fraction of sp³-hybridized carbons (Fsp3) is 0.567. The van der Waals surface area contributed by atoms with E-state index in [2.05, 4.69) is 12.2 Å². The molecule has 38 heavy (non-hydrogen) atoms. The molecule has 0 radical (unpaired) electrons. The molecule has 2 aromatic rings. The first-order chi connectivity index (χ1) is 18.1. The smallest absolute Gasteiger partial charge is 0.243 e. The molecule has 0 spiro atoms. The Balaban J connectivity index is 1.88. The van der Waals surface area contributed by atoms with Gasteiger partial charge in [-0.3, -0.25) is 4.79 Å². The molecule has 1 fully saturated rings. The molecular weight excluding hydrogens is 500 g/mol. The van der Waals surface area contributed by atoms with Crippen LogP contribution in [0.2, 0.25) is 0 Å². The van der Waals surface area contributed by atoms with Crippen LogP contribution in [-0.4, -0.2) is 56.1 Å². The van der Waals surface area contributed by atoms with E-state index in [9.17, 15) is 18.3 Å². The van der Waals surface area contributed by atoms with Gasteiger partial charge >= 0.3 is 0 Å². The Morgan fingerprint density at radius 3 is 2.21 bits per heavy atom. The molecule has 1 amide bonds. The Morgan fingerprint density at radius 1 is 1.03 bits per heavy atom. The largest absolute Gasteiger partial charge is 0.497 e. The SMILES string of the molecule is CCC1(C(=O)N[C@@H](Cc2ccccc2)[C@H](O)CN(CC(C)C)S(=O)(=O)c2ccc(OC)cc2)CCCCC1. The van der Waals surface area contributed by atoms with Gasteiger partial charge in [0, 0.05) is 18.5 Å². The maximum Gasteiger partial charge on any atom is 0.243 e. The van der Waals surface area contributed by atoms with Crippen molar-refractivity contribution in [2.75, 3.05) is 20.2 Å². The maximum atomic E-state index is 13.6. The van der Waals surface area contributed by atoms with Crippen molar-refractivity contribution in [1.29, 1.82) is 0 Å². The summed E-state index contributed by atoms with van der Waals surface area (Å²) in [5.41, 5.74) is 0.541. The lowest BCUT2D eigenvalue weighted by atomic mass is 9.71. The predicted octanol–water partition coefficient (Wildman–Crippen LogP) is 4.79. The van der Waals surface area contributed by atoms with Crippen LogP contribution in [0.3, 0.4) is 0 Å². The van der Waals surface area contributed by atoms with Gasteiger partial charge in [0.25, 0.3) is 0 Å². The molecule has 8 heteroatoms. The molecule has 2 aromatic carbocycles. The number of benzene rings is 2. The average molecular weight is 545 g/mol. The van der Waals surface area contributed by atoms with E-state index >= 15 is 0 Å². The molecule has 0 saturated heterocycles. The normalized spacial score (nSPS) is 17.2. The lowest BCUT2D eigenvalue weighted by Crippen LogP contribution is -2.54. The number of aliphatic hydroxyl groups is 1. The van der Waals surface area contributed by atoms with Gasteiger partial charge in [0.05, 0.1) is 24.2 Å². The van der Waals surface area contributed by atoms with Crippen LogP contribution in [0.1, 0.15) is 64.9 Å². The number of sulfonamides is 1. The van der Waals surface area contributed by atoms with Crippen LogP contribution in [0, 0.1) is 11.3 Å². The Kier molecular flexibility index (Phi) is 10.8. The molecule has 1 saturated carbocycles. The van der Waals surface area contributed by atoms with Crippen molar-refractivity contribution in [3.63, 3.8) is 0 Å². The zero-order chi connectivity index (χ0) is 27.8. The number of carbonyl (C=O) groups excluding carboxylic acids is 1. The minimum atomic E-state index is -3.88. The number of carbonyl (C=O) groups is 1. The van der Waals surface area contributed by atoms with E-state index in [1.807, 2.05) is 44.2 Å². The second-order valence-corrected chi connectivity index (χ2v) is 12.9. The van der Waals surface area contributed by atoms with Crippen LogP contribution < -0.4 is 10.1 Å². The second kappa shape index (κ2) is 13.6. The van der Waals surface area contributed by atoms with E-state index in [4.69, 9.17) is 4.74 Å². The van der Waals surface area contributed by atoms with Gasteiger partial charge in [0.15, 0.2) is 0 Å². The fourth-order valence-electron chi connectivity index (χ4n) is 5.35. The fourth-order valence-corrected chi connectivity index (χ4v) is 6.97. The van der Waals surface area contributed by atoms with Gasteiger partial charge in [-0.05, 0) is 61.4 Å². The molecule has 1 aliphatic rings. The van der Waals surface area contributed by atoms with Crippen molar-refractivity contribution in [1.82, 2.24) is 9.62 Å². The predicted molar refractivity (Wildman–Crippen MR) is 150 cm³/mol. The third-order valence-electron chi connectivity index (χ3n) is 7.71. The van der Waals surface area contributed by atoms with E-state index in [0.717, 1.165) is 44.1 Å². The van der Waals surface area contributed by atoms with Crippen LogP contribution in [0.15, 0.2) is 59.5 Å². The second-order valence-electron chi connectivity index (χ2n) is 10.9. The van der Waals surface area contributed by atoms with E-state index in [0.29, 0.717) is 12.2 Å². The zero-order valence-corrected chi connectivity index (χ0v) is 24.0. The van der Waals surface area contributed by atoms with Crippen LogP contribution in [0.5, 0.6) is 5.75 Å². The van der Waals surface area contributed by atoms with Crippen molar-refractivity contribution < 1.29 is 23.1 Å². The number of nitrogens with zero attached hydrogens (tertiary/aromatic N) is 1. The number of hydrogen-bond donors (Lipinski definition) is 2. The number of ether oxygens (including phenoxy) is 1. The molecule has 0 unspecified atom stereocenters. The zero-order valence-electron chi connectivity index (χ0n) is 23.2. The molecule has 2 N–H and O–H groups in total. The lowest BCUT2D eigenvalue weighted by Gasteiger charge is -2.38. The Bertz CT molecular complexity index is 1110. The Morgan fingerprint density at radius 2 is 1.66 bits per heavy atom. The number of methoxy groups -OCH3 is 1. The monoisotopic (exact) mass is 544 g/mol. The summed E-state index contributed by atoms with van der Waals surface area (Å²) in [7, 11) is -2.35. The van der Waals surface area contributed by atoms with Gasteiger partial charge in [-0.1, -0.05) is 70.4 Å². The minimum absolute atomic E-state index is 0.0342. The third-order valence-corrected chi connectivity index (χ3v) is 9.55.